The second-order valence-electron chi connectivity index (χ2n) is 6.07. The summed E-state index contributed by atoms with van der Waals surface area (Å²) < 4.78 is 0. The summed E-state index contributed by atoms with van der Waals surface area (Å²) in [7, 11) is 0. The van der Waals surface area contributed by atoms with Gasteiger partial charge in [-0.25, -0.2) is 9.98 Å². The third-order valence-corrected chi connectivity index (χ3v) is 4.19. The third-order valence-electron chi connectivity index (χ3n) is 4.19. The Balaban J connectivity index is 1.60. The SMILES string of the molecule is C1=CC2=NC1=CC1=NC(C=C1)CC1=NC(=CC3=NC(=C2)C=C3)C=C1. The zero-order valence-corrected chi connectivity index (χ0v) is 12.9. The molecule has 0 aromatic rings. The molecule has 0 N–H and O–H groups in total. The molecule has 0 saturated heterocycles. The van der Waals surface area contributed by atoms with E-state index < -0.39 is 0 Å². The van der Waals surface area contributed by atoms with E-state index in [1.165, 1.54) is 0 Å². The Bertz CT molecular complexity index is 969. The number of nitrogens with zero attached hydrogens (tertiary/aromatic N) is 4. The minimum atomic E-state index is 0.150. The first-order valence-corrected chi connectivity index (χ1v) is 8.00. The predicted molar refractivity (Wildman–Crippen MR) is 99.0 cm³/mol. The van der Waals surface area contributed by atoms with Gasteiger partial charge >= 0.3 is 0 Å². The van der Waals surface area contributed by atoms with Gasteiger partial charge in [-0.15, -0.1) is 0 Å². The second-order valence-corrected chi connectivity index (χ2v) is 6.07. The van der Waals surface area contributed by atoms with Gasteiger partial charge in [-0.3, -0.25) is 9.98 Å². The third kappa shape index (κ3) is 2.52. The zero-order chi connectivity index (χ0) is 15.9. The van der Waals surface area contributed by atoms with Crippen molar-refractivity contribution >= 4 is 22.8 Å². The van der Waals surface area contributed by atoms with Crippen molar-refractivity contribution in [3.8, 4) is 0 Å². The Morgan fingerprint density at radius 2 is 1.25 bits per heavy atom. The standard InChI is InChI=1S/C20H14N4/c1-2-14-10-16-5-6-18(23-16)12-20-8-7-19(24-20)11-17-4-3-15(22-17)9-13(1)21-14/h1-11,18H,12H2. The molecule has 5 heterocycles. The number of fused-ring (bicyclic) bond motifs is 4. The molecule has 1 unspecified atom stereocenters. The number of aliphatic imine (C=N–C) groups is 4. The zero-order valence-electron chi connectivity index (χ0n) is 12.9. The van der Waals surface area contributed by atoms with Gasteiger partial charge in [-0.2, -0.15) is 0 Å². The first-order chi connectivity index (χ1) is 11.8. The highest BCUT2D eigenvalue weighted by Crippen LogP contribution is 2.21. The lowest BCUT2D eigenvalue weighted by Gasteiger charge is -2.02. The fourth-order valence-electron chi connectivity index (χ4n) is 3.08. The van der Waals surface area contributed by atoms with Gasteiger partial charge in [0.05, 0.1) is 40.3 Å². The summed E-state index contributed by atoms with van der Waals surface area (Å²) in [5.74, 6) is 0. The Labute approximate surface area is 139 Å². The average molecular weight is 310 g/mol. The van der Waals surface area contributed by atoms with E-state index in [1.54, 1.807) is 0 Å². The van der Waals surface area contributed by atoms with E-state index in [4.69, 9.17) is 4.99 Å². The van der Waals surface area contributed by atoms with Crippen LogP contribution in [0.1, 0.15) is 6.42 Å². The van der Waals surface area contributed by atoms with E-state index in [1.807, 2.05) is 48.6 Å². The number of hydrogen-bond acceptors (Lipinski definition) is 4. The van der Waals surface area contributed by atoms with Gasteiger partial charge in [-0.05, 0) is 60.8 Å². The minimum Gasteiger partial charge on any atom is -0.277 e. The van der Waals surface area contributed by atoms with Crippen molar-refractivity contribution in [2.45, 2.75) is 12.5 Å². The molecule has 24 heavy (non-hydrogen) atoms. The number of allylic oxidation sites excluding steroid dienone is 10. The summed E-state index contributed by atoms with van der Waals surface area (Å²) in [5.41, 5.74) is 6.60. The molecular weight excluding hydrogens is 296 g/mol. The van der Waals surface area contributed by atoms with Crippen molar-refractivity contribution in [1.82, 2.24) is 0 Å². The topological polar surface area (TPSA) is 49.4 Å². The van der Waals surface area contributed by atoms with E-state index in [0.29, 0.717) is 0 Å². The van der Waals surface area contributed by atoms with Crippen LogP contribution in [-0.2, 0) is 0 Å². The Kier molecular flexibility index (Phi) is 2.88. The van der Waals surface area contributed by atoms with Crippen molar-refractivity contribution in [3.63, 3.8) is 0 Å². The van der Waals surface area contributed by atoms with Crippen molar-refractivity contribution in [2.24, 2.45) is 20.0 Å². The van der Waals surface area contributed by atoms with Crippen molar-refractivity contribution in [1.29, 1.82) is 0 Å². The van der Waals surface area contributed by atoms with E-state index in [9.17, 15) is 0 Å². The van der Waals surface area contributed by atoms with Crippen LogP contribution in [-0.4, -0.2) is 28.9 Å². The molecule has 5 aliphatic heterocycles. The minimum absolute atomic E-state index is 0.150. The molecule has 5 aliphatic rings. The van der Waals surface area contributed by atoms with Crippen LogP contribution in [0.3, 0.4) is 0 Å². The van der Waals surface area contributed by atoms with Crippen LogP contribution in [0.4, 0.5) is 0 Å². The molecule has 4 heteroatoms. The second kappa shape index (κ2) is 5.20. The number of rotatable bonds is 0. The van der Waals surface area contributed by atoms with Gasteiger partial charge in [0.2, 0.25) is 0 Å². The molecule has 0 aliphatic carbocycles. The molecule has 114 valence electrons. The molecule has 0 aromatic heterocycles. The van der Waals surface area contributed by atoms with E-state index in [0.717, 1.165) is 46.4 Å². The van der Waals surface area contributed by atoms with E-state index in [2.05, 4.69) is 33.2 Å². The molecule has 4 nitrogen and oxygen atoms in total. The maximum absolute atomic E-state index is 4.73. The molecule has 1 atom stereocenters. The van der Waals surface area contributed by atoms with Crippen LogP contribution >= 0.6 is 0 Å². The molecular formula is C20H14N4. The lowest BCUT2D eigenvalue weighted by Crippen LogP contribution is -2.04. The van der Waals surface area contributed by atoms with E-state index in [-0.39, 0.29) is 6.04 Å². The molecule has 0 fully saturated rings. The van der Waals surface area contributed by atoms with E-state index >= 15 is 0 Å². The van der Waals surface area contributed by atoms with Crippen LogP contribution in [0.15, 0.2) is 104 Å². The summed E-state index contributed by atoms with van der Waals surface area (Å²) in [6.07, 6.45) is 23.1. The van der Waals surface area contributed by atoms with Crippen molar-refractivity contribution < 1.29 is 0 Å². The Morgan fingerprint density at radius 1 is 0.625 bits per heavy atom. The normalized spacial score (nSPS) is 26.0. The summed E-state index contributed by atoms with van der Waals surface area (Å²) >= 11 is 0. The molecule has 0 aromatic carbocycles. The monoisotopic (exact) mass is 310 g/mol. The fraction of sp³-hybridized carbons (Fsp3) is 0.100. The highest BCUT2D eigenvalue weighted by Gasteiger charge is 2.16. The van der Waals surface area contributed by atoms with Gasteiger partial charge in [0.15, 0.2) is 0 Å². The summed E-state index contributed by atoms with van der Waals surface area (Å²) in [6.45, 7) is 0. The van der Waals surface area contributed by atoms with Gasteiger partial charge in [-0.1, -0.05) is 6.08 Å². The Hall–Kier alpha value is -3.14. The number of hydrogen-bond donors (Lipinski definition) is 0. The smallest absolute Gasteiger partial charge is 0.0746 e. The molecule has 8 bridgehead atoms. The molecule has 0 radical (unpaired) electrons. The highest BCUT2D eigenvalue weighted by atomic mass is 14.9. The van der Waals surface area contributed by atoms with Crippen LogP contribution in [0.5, 0.6) is 0 Å². The van der Waals surface area contributed by atoms with Crippen LogP contribution in [0.25, 0.3) is 0 Å². The van der Waals surface area contributed by atoms with Gasteiger partial charge < -0.3 is 0 Å². The highest BCUT2D eigenvalue weighted by molar-refractivity contribution is 6.13. The fourth-order valence-corrected chi connectivity index (χ4v) is 3.08. The van der Waals surface area contributed by atoms with Crippen molar-refractivity contribution in [3.05, 3.63) is 83.9 Å². The van der Waals surface area contributed by atoms with Gasteiger partial charge in [0.1, 0.15) is 0 Å². The largest absolute Gasteiger partial charge is 0.277 e. The van der Waals surface area contributed by atoms with Crippen LogP contribution < -0.4 is 0 Å². The molecule has 5 rings (SSSR count). The average Bonchev–Trinajstić information content (AvgIpc) is 3.32. The van der Waals surface area contributed by atoms with Crippen molar-refractivity contribution in [2.75, 3.05) is 0 Å². The van der Waals surface area contributed by atoms with Gasteiger partial charge in [0, 0.05) is 12.1 Å². The summed E-state index contributed by atoms with van der Waals surface area (Å²) in [4.78, 5) is 18.6. The lowest BCUT2D eigenvalue weighted by atomic mass is 10.1. The Morgan fingerprint density at radius 3 is 2.00 bits per heavy atom. The first-order valence-electron chi connectivity index (χ1n) is 8.00. The molecule has 0 saturated carbocycles. The quantitative estimate of drug-likeness (QED) is 0.658. The summed E-state index contributed by atoms with van der Waals surface area (Å²) in [6, 6.07) is 0.150. The lowest BCUT2D eigenvalue weighted by molar-refractivity contribution is 0.880. The molecule has 0 spiro atoms. The molecule has 0 amide bonds. The predicted octanol–water partition coefficient (Wildman–Crippen LogP) is 3.45. The maximum atomic E-state index is 4.73. The first kappa shape index (κ1) is 13.3. The van der Waals surface area contributed by atoms with Gasteiger partial charge in [0.25, 0.3) is 0 Å². The van der Waals surface area contributed by atoms with Crippen LogP contribution in [0, 0.1) is 0 Å². The van der Waals surface area contributed by atoms with Crippen LogP contribution in [0.2, 0.25) is 0 Å². The maximum Gasteiger partial charge on any atom is 0.0746 e. The summed E-state index contributed by atoms with van der Waals surface area (Å²) in [5, 5.41) is 0.